The van der Waals surface area contributed by atoms with E-state index in [1.165, 1.54) is 18.7 Å². The van der Waals surface area contributed by atoms with Crippen LogP contribution >= 0.6 is 0 Å². The first-order chi connectivity index (χ1) is 9.76. The molecule has 1 N–H and O–H groups in total. The van der Waals surface area contributed by atoms with Gasteiger partial charge < -0.3 is 10.0 Å². The monoisotopic (exact) mass is 290 g/mol. The van der Waals surface area contributed by atoms with Gasteiger partial charge >= 0.3 is 12.0 Å². The van der Waals surface area contributed by atoms with Crippen molar-refractivity contribution < 1.29 is 14.7 Å². The molecule has 0 radical (unpaired) electrons. The van der Waals surface area contributed by atoms with Crippen LogP contribution in [-0.4, -0.2) is 40.6 Å². The van der Waals surface area contributed by atoms with E-state index in [0.717, 1.165) is 24.1 Å². The number of aryl methyl sites for hydroxylation is 1. The van der Waals surface area contributed by atoms with Crippen LogP contribution in [0.5, 0.6) is 0 Å². The number of likely N-dealkylation sites (N-methyl/N-ethyl adjacent to an activating group) is 1. The van der Waals surface area contributed by atoms with Gasteiger partial charge in [-0.25, -0.2) is 9.59 Å². The predicted molar refractivity (Wildman–Crippen MR) is 81.6 cm³/mol. The van der Waals surface area contributed by atoms with E-state index in [1.807, 2.05) is 31.2 Å². The average molecular weight is 290 g/mol. The molecule has 0 saturated carbocycles. The lowest BCUT2D eigenvalue weighted by Gasteiger charge is -2.41. The number of urea groups is 1. The number of fused-ring (bicyclic) bond motifs is 1. The fourth-order valence-corrected chi connectivity index (χ4v) is 2.52. The highest BCUT2D eigenvalue weighted by molar-refractivity contribution is 5.96. The van der Waals surface area contributed by atoms with Gasteiger partial charge in [-0.3, -0.25) is 4.90 Å². The van der Waals surface area contributed by atoms with E-state index in [1.54, 1.807) is 11.9 Å². The van der Waals surface area contributed by atoms with Crippen LogP contribution in [0.3, 0.4) is 0 Å². The lowest BCUT2D eigenvalue weighted by atomic mass is 9.96. The predicted octanol–water partition coefficient (Wildman–Crippen LogP) is 2.74. The van der Waals surface area contributed by atoms with Crippen molar-refractivity contribution in [2.45, 2.75) is 45.2 Å². The number of carbonyl (C=O) groups is 2. The third-order valence-electron chi connectivity index (χ3n) is 4.38. The lowest BCUT2D eigenvalue weighted by Crippen LogP contribution is -2.57. The van der Waals surface area contributed by atoms with Crippen molar-refractivity contribution in [3.8, 4) is 0 Å². The number of amides is 2. The van der Waals surface area contributed by atoms with Gasteiger partial charge in [-0.2, -0.15) is 0 Å². The van der Waals surface area contributed by atoms with Crippen molar-refractivity contribution in [1.29, 1.82) is 0 Å². The molecule has 5 heteroatoms. The quantitative estimate of drug-likeness (QED) is 0.911. The van der Waals surface area contributed by atoms with Crippen LogP contribution in [0, 0.1) is 0 Å². The first-order valence-electron chi connectivity index (χ1n) is 7.15. The zero-order valence-electron chi connectivity index (χ0n) is 13.0. The smallest absolute Gasteiger partial charge is 0.329 e. The number of benzene rings is 1. The minimum Gasteiger partial charge on any atom is -0.480 e. The van der Waals surface area contributed by atoms with E-state index >= 15 is 0 Å². The Morgan fingerprint density at radius 1 is 1.33 bits per heavy atom. The maximum Gasteiger partial charge on any atom is 0.329 e. The summed E-state index contributed by atoms with van der Waals surface area (Å²) < 4.78 is 0. The maximum absolute atomic E-state index is 12.8. The molecule has 0 aliphatic carbocycles. The van der Waals surface area contributed by atoms with Gasteiger partial charge in [0.1, 0.15) is 5.54 Å². The van der Waals surface area contributed by atoms with E-state index in [4.69, 9.17) is 0 Å². The third kappa shape index (κ3) is 2.60. The molecule has 0 aromatic heterocycles. The van der Waals surface area contributed by atoms with E-state index in [-0.39, 0.29) is 12.1 Å². The minimum atomic E-state index is -1.25. The number of carboxylic acids is 1. The van der Waals surface area contributed by atoms with E-state index in [0.29, 0.717) is 0 Å². The summed E-state index contributed by atoms with van der Waals surface area (Å²) in [6.07, 6.45) is 1.82. The number of rotatable bonds is 2. The van der Waals surface area contributed by atoms with Crippen LogP contribution < -0.4 is 4.90 Å². The summed E-state index contributed by atoms with van der Waals surface area (Å²) in [5.74, 6) is -1.02. The van der Waals surface area contributed by atoms with Gasteiger partial charge in [0.15, 0.2) is 0 Å². The fourth-order valence-electron chi connectivity index (χ4n) is 2.52. The number of anilines is 1. The summed E-state index contributed by atoms with van der Waals surface area (Å²) in [5.41, 5.74) is 0.767. The van der Waals surface area contributed by atoms with Gasteiger partial charge in [0.25, 0.3) is 0 Å². The number of nitrogens with zero attached hydrogens (tertiary/aromatic N) is 2. The standard InChI is InChI=1S/C16H22N2O3/c1-11-9-10-12-7-5-6-8-13(12)18(11)15(21)17(4)16(2,3)14(19)20/h5-8,11H,9-10H2,1-4H3,(H,19,20). The van der Waals surface area contributed by atoms with Gasteiger partial charge in [0.2, 0.25) is 0 Å². The Labute approximate surface area is 125 Å². The topological polar surface area (TPSA) is 60.9 Å². The van der Waals surface area contributed by atoms with Crippen molar-refractivity contribution in [2.75, 3.05) is 11.9 Å². The maximum atomic E-state index is 12.8. The van der Waals surface area contributed by atoms with Crippen LogP contribution in [0.1, 0.15) is 32.8 Å². The van der Waals surface area contributed by atoms with Gasteiger partial charge in [-0.15, -0.1) is 0 Å². The highest BCUT2D eigenvalue weighted by atomic mass is 16.4. The molecular weight excluding hydrogens is 268 g/mol. The fraction of sp³-hybridized carbons (Fsp3) is 0.500. The number of hydrogen-bond donors (Lipinski definition) is 1. The molecule has 21 heavy (non-hydrogen) atoms. The Bertz CT molecular complexity index is 568. The zero-order valence-corrected chi connectivity index (χ0v) is 13.0. The van der Waals surface area contributed by atoms with Gasteiger partial charge in [0, 0.05) is 18.8 Å². The highest BCUT2D eigenvalue weighted by Crippen LogP contribution is 2.32. The summed E-state index contributed by atoms with van der Waals surface area (Å²) in [5, 5.41) is 9.31. The Morgan fingerprint density at radius 2 is 1.95 bits per heavy atom. The highest BCUT2D eigenvalue weighted by Gasteiger charge is 2.39. The average Bonchev–Trinajstić information content (AvgIpc) is 2.45. The van der Waals surface area contributed by atoms with Crippen molar-refractivity contribution in [3.63, 3.8) is 0 Å². The molecule has 1 aliphatic heterocycles. The number of aliphatic carboxylic acids is 1. The van der Waals surface area contributed by atoms with Crippen LogP contribution in [-0.2, 0) is 11.2 Å². The SMILES string of the molecule is CC1CCc2ccccc2N1C(=O)N(C)C(C)(C)C(=O)O. The number of para-hydroxylation sites is 1. The second-order valence-electron chi connectivity index (χ2n) is 6.09. The minimum absolute atomic E-state index is 0.0550. The van der Waals surface area contributed by atoms with Crippen molar-refractivity contribution in [2.24, 2.45) is 0 Å². The summed E-state index contributed by atoms with van der Waals surface area (Å²) in [4.78, 5) is 27.2. The Balaban J connectivity index is 2.37. The molecule has 2 rings (SSSR count). The van der Waals surface area contributed by atoms with Gasteiger partial charge in [-0.1, -0.05) is 18.2 Å². The summed E-state index contributed by atoms with van der Waals surface area (Å²) in [6, 6.07) is 7.58. The number of carbonyl (C=O) groups excluding carboxylic acids is 1. The van der Waals surface area contributed by atoms with Gasteiger partial charge in [-0.05, 0) is 45.2 Å². The second kappa shape index (κ2) is 5.39. The Morgan fingerprint density at radius 3 is 2.57 bits per heavy atom. The summed E-state index contributed by atoms with van der Waals surface area (Å²) in [7, 11) is 1.54. The number of hydrogen-bond acceptors (Lipinski definition) is 2. The zero-order chi connectivity index (χ0) is 15.8. The van der Waals surface area contributed by atoms with Crippen LogP contribution in [0.25, 0.3) is 0 Å². The molecule has 114 valence electrons. The van der Waals surface area contributed by atoms with E-state index in [9.17, 15) is 14.7 Å². The molecule has 0 saturated heterocycles. The first kappa shape index (κ1) is 15.4. The largest absolute Gasteiger partial charge is 0.480 e. The van der Waals surface area contributed by atoms with Crippen LogP contribution in [0.2, 0.25) is 0 Å². The molecule has 5 nitrogen and oxygen atoms in total. The van der Waals surface area contributed by atoms with Crippen LogP contribution in [0.4, 0.5) is 10.5 Å². The number of carboxylic acid groups (broad SMARTS) is 1. The molecule has 1 aromatic rings. The second-order valence-corrected chi connectivity index (χ2v) is 6.09. The Kier molecular flexibility index (Phi) is 3.94. The van der Waals surface area contributed by atoms with Crippen molar-refractivity contribution in [1.82, 2.24) is 4.90 Å². The van der Waals surface area contributed by atoms with Gasteiger partial charge in [0.05, 0.1) is 0 Å². The van der Waals surface area contributed by atoms with Crippen LogP contribution in [0.15, 0.2) is 24.3 Å². The summed E-state index contributed by atoms with van der Waals surface area (Å²) in [6.45, 7) is 5.07. The molecule has 1 heterocycles. The third-order valence-corrected chi connectivity index (χ3v) is 4.38. The molecule has 0 fully saturated rings. The molecular formula is C16H22N2O3. The lowest BCUT2D eigenvalue weighted by molar-refractivity contribution is -0.146. The molecule has 1 aliphatic rings. The molecule has 1 atom stereocenters. The van der Waals surface area contributed by atoms with E-state index in [2.05, 4.69) is 0 Å². The van der Waals surface area contributed by atoms with Crippen molar-refractivity contribution in [3.05, 3.63) is 29.8 Å². The molecule has 0 spiro atoms. The molecule has 2 amide bonds. The molecule has 1 aromatic carbocycles. The summed E-state index contributed by atoms with van der Waals surface area (Å²) >= 11 is 0. The Hall–Kier alpha value is -2.04. The normalized spacial score (nSPS) is 18.1. The first-order valence-corrected chi connectivity index (χ1v) is 7.15. The van der Waals surface area contributed by atoms with E-state index < -0.39 is 11.5 Å². The molecule has 1 unspecified atom stereocenters. The molecule has 0 bridgehead atoms. The van der Waals surface area contributed by atoms with Crippen molar-refractivity contribution >= 4 is 17.7 Å².